The summed E-state index contributed by atoms with van der Waals surface area (Å²) in [7, 11) is 0. The van der Waals surface area contributed by atoms with Crippen molar-refractivity contribution in [1.82, 2.24) is 5.32 Å². The first kappa shape index (κ1) is 23.5. The Bertz CT molecular complexity index is 1050. The minimum atomic E-state index is -1.61. The molecule has 0 saturated heterocycles. The molecule has 3 fully saturated rings. The number of aliphatic hydroxyl groups is 3. The number of aliphatic hydroxyl groups excluding tert-OH is 2. The zero-order valence-electron chi connectivity index (χ0n) is 19.9. The molecular weight excluding hydrogens is 430 g/mol. The summed E-state index contributed by atoms with van der Waals surface area (Å²) in [6.45, 7) is 4.32. The molecular formula is C28H35NO5. The van der Waals surface area contributed by atoms with Crippen molar-refractivity contribution in [3.8, 4) is 0 Å². The highest BCUT2D eigenvalue weighted by molar-refractivity contribution is 6.01. The molecule has 3 saturated carbocycles. The molecule has 0 spiro atoms. The number of carbonyl (C=O) groups is 2. The number of hydrogen-bond donors (Lipinski definition) is 4. The molecule has 4 N–H and O–H groups in total. The summed E-state index contributed by atoms with van der Waals surface area (Å²) in [6.07, 6.45) is 5.95. The van der Waals surface area contributed by atoms with Crippen molar-refractivity contribution in [2.45, 2.75) is 70.3 Å². The smallest absolute Gasteiger partial charge is 0.252 e. The normalized spacial score (nSPS) is 41.7. The molecule has 0 radical (unpaired) electrons. The van der Waals surface area contributed by atoms with E-state index in [4.69, 9.17) is 0 Å². The zero-order chi connectivity index (χ0) is 24.3. The van der Waals surface area contributed by atoms with E-state index >= 15 is 0 Å². The number of benzene rings is 1. The molecule has 1 amide bonds. The average molecular weight is 466 g/mol. The van der Waals surface area contributed by atoms with Gasteiger partial charge in [-0.05, 0) is 61.7 Å². The molecule has 182 valence electrons. The van der Waals surface area contributed by atoms with Crippen molar-refractivity contribution in [2.24, 2.45) is 28.6 Å². The van der Waals surface area contributed by atoms with Gasteiger partial charge in [-0.25, -0.2) is 0 Å². The van der Waals surface area contributed by atoms with Gasteiger partial charge in [0.05, 0.1) is 6.10 Å². The van der Waals surface area contributed by atoms with Crippen LogP contribution >= 0.6 is 0 Å². The second kappa shape index (κ2) is 8.14. The third-order valence-electron chi connectivity index (χ3n) is 9.72. The molecule has 6 heteroatoms. The van der Waals surface area contributed by atoms with Gasteiger partial charge in [-0.2, -0.15) is 0 Å². The molecule has 6 nitrogen and oxygen atoms in total. The summed E-state index contributed by atoms with van der Waals surface area (Å²) in [5.41, 5.74) is -0.788. The third kappa shape index (κ3) is 3.34. The maximum Gasteiger partial charge on any atom is 0.252 e. The largest absolute Gasteiger partial charge is 0.393 e. The van der Waals surface area contributed by atoms with Gasteiger partial charge >= 0.3 is 0 Å². The Morgan fingerprint density at radius 3 is 2.68 bits per heavy atom. The number of rotatable bonds is 4. The van der Waals surface area contributed by atoms with Crippen LogP contribution in [0.3, 0.4) is 0 Å². The van der Waals surface area contributed by atoms with Gasteiger partial charge in [0.1, 0.15) is 5.60 Å². The van der Waals surface area contributed by atoms with Crippen LogP contribution in [0.15, 0.2) is 54.1 Å². The van der Waals surface area contributed by atoms with E-state index in [0.717, 1.165) is 24.0 Å². The summed E-state index contributed by atoms with van der Waals surface area (Å²) in [4.78, 5) is 24.9. The van der Waals surface area contributed by atoms with Gasteiger partial charge in [-0.1, -0.05) is 55.8 Å². The molecule has 0 heterocycles. The van der Waals surface area contributed by atoms with Gasteiger partial charge in [0.2, 0.25) is 0 Å². The van der Waals surface area contributed by atoms with E-state index in [2.05, 4.69) is 12.2 Å². The van der Waals surface area contributed by atoms with E-state index in [0.29, 0.717) is 19.3 Å². The van der Waals surface area contributed by atoms with Crippen LogP contribution in [0.25, 0.3) is 0 Å². The number of carbonyl (C=O) groups excluding carboxylic acids is 2. The highest BCUT2D eigenvalue weighted by Crippen LogP contribution is 2.67. The van der Waals surface area contributed by atoms with Gasteiger partial charge in [0, 0.05) is 23.3 Å². The standard InChI is InChI=1S/C28H35NO5/c1-26-12-10-19(30)14-18(26)8-9-20-21-11-13-28(34,27(21,2)15-22(31)23(20)26)24(32)25(33)29-16-17-6-4-3-5-7-17/h3-7,10,12,14,20-24,31-32,34H,8-9,11,13,15-16H2,1-2H3,(H,29,33)/t20-,21-,22-,23+,24+,26-,27-,28-/m0/s1. The number of hydrogen-bond acceptors (Lipinski definition) is 5. The lowest BCUT2D eigenvalue weighted by Gasteiger charge is -2.60. The zero-order valence-corrected chi connectivity index (χ0v) is 19.9. The fourth-order valence-corrected chi connectivity index (χ4v) is 7.91. The van der Waals surface area contributed by atoms with Gasteiger partial charge in [0.25, 0.3) is 5.91 Å². The quantitative estimate of drug-likeness (QED) is 0.547. The lowest BCUT2D eigenvalue weighted by atomic mass is 9.46. The molecule has 1 aromatic rings. The van der Waals surface area contributed by atoms with E-state index in [1.165, 1.54) is 0 Å². The molecule has 4 aliphatic rings. The van der Waals surface area contributed by atoms with E-state index in [-0.39, 0.29) is 35.5 Å². The summed E-state index contributed by atoms with van der Waals surface area (Å²) in [5.74, 6) is -0.420. The molecule has 8 atom stereocenters. The predicted octanol–water partition coefficient (Wildman–Crippen LogP) is 2.67. The molecule has 0 bridgehead atoms. The maximum atomic E-state index is 12.9. The summed E-state index contributed by atoms with van der Waals surface area (Å²) in [5, 5.41) is 37.2. The summed E-state index contributed by atoms with van der Waals surface area (Å²) < 4.78 is 0. The lowest BCUT2D eigenvalue weighted by molar-refractivity contribution is -0.200. The van der Waals surface area contributed by atoms with E-state index in [1.807, 2.05) is 43.3 Å². The number of amides is 1. The van der Waals surface area contributed by atoms with Crippen LogP contribution in [-0.4, -0.2) is 44.8 Å². The third-order valence-corrected chi connectivity index (χ3v) is 9.72. The Hall–Kier alpha value is -2.28. The maximum absolute atomic E-state index is 12.9. The molecule has 0 aliphatic heterocycles. The highest BCUT2D eigenvalue weighted by Gasteiger charge is 2.68. The minimum absolute atomic E-state index is 0.000872. The second-order valence-corrected chi connectivity index (χ2v) is 11.3. The van der Waals surface area contributed by atoms with Crippen LogP contribution in [0.4, 0.5) is 0 Å². The molecule has 5 rings (SSSR count). The number of allylic oxidation sites excluding steroid dienone is 4. The first-order chi connectivity index (χ1) is 16.1. The Balaban J connectivity index is 1.39. The first-order valence-electron chi connectivity index (χ1n) is 12.4. The molecule has 1 aromatic carbocycles. The molecule has 0 aromatic heterocycles. The van der Waals surface area contributed by atoms with Crippen molar-refractivity contribution < 1.29 is 24.9 Å². The molecule has 0 unspecified atom stereocenters. The van der Waals surface area contributed by atoms with Gasteiger partial charge in [0.15, 0.2) is 11.9 Å². The minimum Gasteiger partial charge on any atom is -0.393 e. The fraction of sp³-hybridized carbons (Fsp3) is 0.571. The number of fused-ring (bicyclic) bond motifs is 5. The van der Waals surface area contributed by atoms with Crippen LogP contribution in [0.5, 0.6) is 0 Å². The first-order valence-corrected chi connectivity index (χ1v) is 12.4. The predicted molar refractivity (Wildman–Crippen MR) is 127 cm³/mol. The Morgan fingerprint density at radius 2 is 1.94 bits per heavy atom. The van der Waals surface area contributed by atoms with Gasteiger partial charge in [-0.15, -0.1) is 0 Å². The number of ketones is 1. The van der Waals surface area contributed by atoms with Crippen molar-refractivity contribution >= 4 is 11.7 Å². The van der Waals surface area contributed by atoms with Gasteiger partial charge in [-0.3, -0.25) is 9.59 Å². The van der Waals surface area contributed by atoms with Crippen molar-refractivity contribution in [3.05, 3.63) is 59.7 Å². The van der Waals surface area contributed by atoms with Crippen molar-refractivity contribution in [2.75, 3.05) is 0 Å². The van der Waals surface area contributed by atoms with Crippen LogP contribution in [0.2, 0.25) is 0 Å². The topological polar surface area (TPSA) is 107 Å². The van der Waals surface area contributed by atoms with E-state index < -0.39 is 29.1 Å². The summed E-state index contributed by atoms with van der Waals surface area (Å²) in [6, 6.07) is 9.46. The Kier molecular flexibility index (Phi) is 5.62. The summed E-state index contributed by atoms with van der Waals surface area (Å²) >= 11 is 0. The van der Waals surface area contributed by atoms with E-state index in [9.17, 15) is 24.9 Å². The molecule has 4 aliphatic carbocycles. The lowest BCUT2D eigenvalue weighted by Crippen LogP contribution is -2.64. The van der Waals surface area contributed by atoms with Gasteiger partial charge < -0.3 is 20.6 Å². The molecule has 34 heavy (non-hydrogen) atoms. The van der Waals surface area contributed by atoms with E-state index in [1.54, 1.807) is 12.2 Å². The monoisotopic (exact) mass is 465 g/mol. The Labute approximate surface area is 200 Å². The number of nitrogens with one attached hydrogen (secondary N) is 1. The Morgan fingerprint density at radius 1 is 1.21 bits per heavy atom. The van der Waals surface area contributed by atoms with Crippen LogP contribution in [-0.2, 0) is 16.1 Å². The van der Waals surface area contributed by atoms with Crippen LogP contribution in [0, 0.1) is 28.6 Å². The van der Waals surface area contributed by atoms with Crippen molar-refractivity contribution in [3.63, 3.8) is 0 Å². The van der Waals surface area contributed by atoms with Crippen molar-refractivity contribution in [1.29, 1.82) is 0 Å². The average Bonchev–Trinajstić information content (AvgIpc) is 3.09. The van der Waals surface area contributed by atoms with Crippen LogP contribution < -0.4 is 5.32 Å². The highest BCUT2D eigenvalue weighted by atomic mass is 16.4. The SMILES string of the molecule is C[C@]12C=CC(=O)C=C1CC[C@@H]1[C@@H]2[C@@H](O)C[C@@]2(C)[C@H]1CC[C@]2(O)[C@H](O)C(=O)NCc1ccccc1. The van der Waals surface area contributed by atoms with Crippen LogP contribution in [0.1, 0.15) is 51.5 Å². The fourth-order valence-electron chi connectivity index (χ4n) is 7.91. The second-order valence-electron chi connectivity index (χ2n) is 11.3.